The number of thiazole rings is 1. The molecule has 4 rings (SSSR count). The Morgan fingerprint density at radius 1 is 1.17 bits per heavy atom. The van der Waals surface area contributed by atoms with Crippen LogP contribution in [0.4, 0.5) is 0 Å². The minimum Gasteiger partial charge on any atom is -0.507 e. The van der Waals surface area contributed by atoms with Gasteiger partial charge in [-0.25, -0.2) is 4.98 Å². The Bertz CT molecular complexity index is 1140. The van der Waals surface area contributed by atoms with Gasteiger partial charge < -0.3 is 9.84 Å². The largest absolute Gasteiger partial charge is 0.507 e. The molecule has 0 bridgehead atoms. The Kier molecular flexibility index (Phi) is 5.56. The van der Waals surface area contributed by atoms with E-state index in [1.165, 1.54) is 0 Å². The van der Waals surface area contributed by atoms with Crippen molar-refractivity contribution in [1.29, 1.82) is 0 Å². The van der Waals surface area contributed by atoms with Crippen LogP contribution in [0.25, 0.3) is 21.8 Å². The lowest BCUT2D eigenvalue weighted by Crippen LogP contribution is -1.99. The molecule has 29 heavy (non-hydrogen) atoms. The first-order valence-electron chi connectivity index (χ1n) is 9.24. The third-order valence-electron chi connectivity index (χ3n) is 4.63. The molecule has 0 aliphatic rings. The highest BCUT2D eigenvalue weighted by Crippen LogP contribution is 2.40. The summed E-state index contributed by atoms with van der Waals surface area (Å²) in [5, 5.41) is 21.5. The van der Waals surface area contributed by atoms with Gasteiger partial charge in [-0.2, -0.15) is 5.10 Å². The fraction of sp³-hybridized carbons (Fsp3) is 0.182. The van der Waals surface area contributed by atoms with Crippen LogP contribution in [0.15, 0.2) is 48.0 Å². The van der Waals surface area contributed by atoms with E-state index >= 15 is 0 Å². The number of phenolic OH excluding ortho intramolecular Hbond substituents is 1. The van der Waals surface area contributed by atoms with Gasteiger partial charge in [0.1, 0.15) is 23.1 Å². The van der Waals surface area contributed by atoms with Crippen LogP contribution in [0.1, 0.15) is 23.7 Å². The zero-order chi connectivity index (χ0) is 20.4. The van der Waals surface area contributed by atoms with Gasteiger partial charge in [0.2, 0.25) is 0 Å². The Hall–Kier alpha value is -2.83. The number of phenols is 1. The van der Waals surface area contributed by atoms with E-state index in [2.05, 4.69) is 22.1 Å². The highest BCUT2D eigenvalue weighted by Gasteiger charge is 2.18. The van der Waals surface area contributed by atoms with E-state index < -0.39 is 0 Å². The first-order chi connectivity index (χ1) is 14.0. The quantitative estimate of drug-likeness (QED) is 0.397. The number of hydrogen-bond acceptors (Lipinski definition) is 5. The van der Waals surface area contributed by atoms with E-state index in [1.54, 1.807) is 23.6 Å². The molecule has 0 radical (unpaired) electrons. The van der Waals surface area contributed by atoms with Crippen molar-refractivity contribution in [3.05, 3.63) is 69.8 Å². The summed E-state index contributed by atoms with van der Waals surface area (Å²) in [6, 6.07) is 11.1. The number of nitrogens with one attached hydrogen (secondary N) is 1. The fourth-order valence-electron chi connectivity index (χ4n) is 3.10. The molecule has 0 spiro atoms. The number of nitrogens with zero attached hydrogens (tertiary/aromatic N) is 2. The second kappa shape index (κ2) is 8.27. The standard InChI is InChI=1S/C22H20ClN3O2S/c1-3-15-8-17(21-18(10-24-26-21)22-25-13(2)12-29-22)19(27)9-20(15)28-11-14-4-6-16(23)7-5-14/h4-10,12,27H,3,11H2,1-2H3,(H,24,26). The number of halogens is 1. The lowest BCUT2D eigenvalue weighted by atomic mass is 10.0. The van der Waals surface area contributed by atoms with Gasteiger partial charge in [0, 0.05) is 27.7 Å². The molecule has 2 aromatic carbocycles. The molecule has 2 heterocycles. The van der Waals surface area contributed by atoms with Crippen molar-refractivity contribution in [1.82, 2.24) is 15.2 Å². The van der Waals surface area contributed by atoms with Crippen LogP contribution in [0.3, 0.4) is 0 Å². The summed E-state index contributed by atoms with van der Waals surface area (Å²) < 4.78 is 5.99. The van der Waals surface area contributed by atoms with Crippen molar-refractivity contribution in [2.24, 2.45) is 0 Å². The van der Waals surface area contributed by atoms with Crippen molar-refractivity contribution in [2.75, 3.05) is 0 Å². The molecule has 0 aliphatic heterocycles. The highest BCUT2D eigenvalue weighted by molar-refractivity contribution is 7.13. The average Bonchev–Trinajstić information content (AvgIpc) is 3.36. The molecule has 2 N–H and O–H groups in total. The fourth-order valence-corrected chi connectivity index (χ4v) is 4.04. The summed E-state index contributed by atoms with van der Waals surface area (Å²) in [7, 11) is 0. The monoisotopic (exact) mass is 425 g/mol. The Labute approximate surface area is 178 Å². The third kappa shape index (κ3) is 4.13. The summed E-state index contributed by atoms with van der Waals surface area (Å²) in [5.74, 6) is 0.793. The van der Waals surface area contributed by atoms with E-state index in [1.807, 2.05) is 42.6 Å². The molecule has 148 valence electrons. The molecule has 0 saturated heterocycles. The SMILES string of the molecule is CCc1cc(-c2[nH]ncc2-c2nc(C)cs2)c(O)cc1OCc1ccc(Cl)cc1. The number of benzene rings is 2. The van der Waals surface area contributed by atoms with Crippen LogP contribution in [0.2, 0.25) is 5.02 Å². The zero-order valence-electron chi connectivity index (χ0n) is 16.1. The smallest absolute Gasteiger partial charge is 0.128 e. The molecule has 0 amide bonds. The Morgan fingerprint density at radius 2 is 1.97 bits per heavy atom. The summed E-state index contributed by atoms with van der Waals surface area (Å²) in [6.45, 7) is 4.42. The first kappa shape index (κ1) is 19.5. The second-order valence-corrected chi connectivity index (χ2v) is 7.99. The average molecular weight is 426 g/mol. The molecule has 2 aromatic heterocycles. The molecular weight excluding hydrogens is 406 g/mol. The van der Waals surface area contributed by atoms with E-state index in [0.29, 0.717) is 22.9 Å². The van der Waals surface area contributed by atoms with Gasteiger partial charge in [-0.15, -0.1) is 11.3 Å². The Balaban J connectivity index is 1.65. The molecule has 0 saturated carbocycles. The van der Waals surface area contributed by atoms with Gasteiger partial charge in [0.05, 0.1) is 17.5 Å². The molecule has 5 nitrogen and oxygen atoms in total. The van der Waals surface area contributed by atoms with Crippen LogP contribution >= 0.6 is 22.9 Å². The van der Waals surface area contributed by atoms with Crippen LogP contribution in [-0.4, -0.2) is 20.3 Å². The van der Waals surface area contributed by atoms with Gasteiger partial charge in [-0.3, -0.25) is 5.10 Å². The lowest BCUT2D eigenvalue weighted by molar-refractivity contribution is 0.301. The van der Waals surface area contributed by atoms with Gasteiger partial charge in [0.15, 0.2) is 0 Å². The number of aryl methyl sites for hydroxylation is 2. The summed E-state index contributed by atoms with van der Waals surface area (Å²) >= 11 is 7.49. The van der Waals surface area contributed by atoms with Gasteiger partial charge in [-0.1, -0.05) is 30.7 Å². The van der Waals surface area contributed by atoms with Gasteiger partial charge in [-0.05, 0) is 42.7 Å². The van der Waals surface area contributed by atoms with E-state index in [4.69, 9.17) is 16.3 Å². The number of hydrogen-bond donors (Lipinski definition) is 2. The van der Waals surface area contributed by atoms with Crippen molar-refractivity contribution in [3.8, 4) is 33.3 Å². The number of rotatable bonds is 6. The molecule has 0 aliphatic carbocycles. The van der Waals surface area contributed by atoms with Crippen molar-refractivity contribution in [2.45, 2.75) is 26.9 Å². The minimum absolute atomic E-state index is 0.132. The number of aromatic hydroxyl groups is 1. The number of aromatic amines is 1. The second-order valence-electron chi connectivity index (χ2n) is 6.70. The van der Waals surface area contributed by atoms with Crippen LogP contribution in [0.5, 0.6) is 11.5 Å². The predicted molar refractivity (Wildman–Crippen MR) is 117 cm³/mol. The summed E-state index contributed by atoms with van der Waals surface area (Å²) in [6.07, 6.45) is 2.51. The minimum atomic E-state index is 0.132. The molecule has 7 heteroatoms. The molecular formula is C22H20ClN3O2S. The van der Waals surface area contributed by atoms with Gasteiger partial charge >= 0.3 is 0 Å². The maximum Gasteiger partial charge on any atom is 0.128 e. The van der Waals surface area contributed by atoms with Crippen molar-refractivity contribution in [3.63, 3.8) is 0 Å². The summed E-state index contributed by atoms with van der Waals surface area (Å²) in [4.78, 5) is 4.54. The van der Waals surface area contributed by atoms with Crippen LogP contribution in [-0.2, 0) is 13.0 Å². The molecule has 0 fully saturated rings. The number of aromatic nitrogens is 3. The molecule has 0 atom stereocenters. The van der Waals surface area contributed by atoms with Crippen LogP contribution in [0, 0.1) is 6.92 Å². The maximum atomic E-state index is 10.7. The van der Waals surface area contributed by atoms with Crippen molar-refractivity contribution >= 4 is 22.9 Å². The molecule has 4 aromatic rings. The van der Waals surface area contributed by atoms with Gasteiger partial charge in [0.25, 0.3) is 0 Å². The maximum absolute atomic E-state index is 10.7. The predicted octanol–water partition coefficient (Wildman–Crippen LogP) is 6.01. The zero-order valence-corrected chi connectivity index (χ0v) is 17.6. The number of H-pyrrole nitrogens is 1. The third-order valence-corrected chi connectivity index (χ3v) is 5.87. The lowest BCUT2D eigenvalue weighted by Gasteiger charge is -2.14. The van der Waals surface area contributed by atoms with Crippen molar-refractivity contribution < 1.29 is 9.84 Å². The molecule has 0 unspecified atom stereocenters. The van der Waals surface area contributed by atoms with E-state index in [9.17, 15) is 5.11 Å². The Morgan fingerprint density at radius 3 is 2.66 bits per heavy atom. The van der Waals surface area contributed by atoms with E-state index in [-0.39, 0.29) is 5.75 Å². The first-order valence-corrected chi connectivity index (χ1v) is 10.5. The number of ether oxygens (including phenoxy) is 1. The summed E-state index contributed by atoms with van der Waals surface area (Å²) in [5.41, 5.74) is 5.27. The van der Waals surface area contributed by atoms with E-state index in [0.717, 1.165) is 39.5 Å². The highest BCUT2D eigenvalue weighted by atomic mass is 35.5. The van der Waals surface area contributed by atoms with Crippen LogP contribution < -0.4 is 4.74 Å². The normalized spacial score (nSPS) is 11.0. The topological polar surface area (TPSA) is 71.0 Å².